The molecule has 0 aromatic rings. The third kappa shape index (κ3) is 1.46. The van der Waals surface area contributed by atoms with E-state index in [0.717, 1.165) is 25.0 Å². The van der Waals surface area contributed by atoms with Crippen LogP contribution in [0, 0.1) is 0 Å². The number of carbonyl (C=O) groups is 1. The minimum Gasteiger partial charge on any atom is -0.444 e. The molecule has 2 rings (SSSR count). The van der Waals surface area contributed by atoms with E-state index in [0.29, 0.717) is 6.61 Å². The molecule has 2 aliphatic rings. The first kappa shape index (κ1) is 8.35. The van der Waals surface area contributed by atoms with Gasteiger partial charge in [-0.1, -0.05) is 18.6 Å². The van der Waals surface area contributed by atoms with Crippen molar-refractivity contribution in [1.29, 1.82) is 0 Å². The maximum absolute atomic E-state index is 10.9. The Bertz CT molecular complexity index is 307. The molecule has 0 radical (unpaired) electrons. The standard InChI is InChI=1S/C10H13NO2.H2/c1-2-7-4-3-5-9-8(7)6-13-10(12)11-9;/h5H,2-4,6H2,1H3,(H,11,12);1H. The van der Waals surface area contributed by atoms with E-state index >= 15 is 0 Å². The Morgan fingerprint density at radius 3 is 3.31 bits per heavy atom. The lowest BCUT2D eigenvalue weighted by atomic mass is 9.93. The number of rotatable bonds is 1. The monoisotopic (exact) mass is 181 g/mol. The summed E-state index contributed by atoms with van der Waals surface area (Å²) in [5, 5.41) is 2.72. The van der Waals surface area contributed by atoms with E-state index in [9.17, 15) is 4.79 Å². The Morgan fingerprint density at radius 2 is 2.54 bits per heavy atom. The van der Waals surface area contributed by atoms with E-state index in [4.69, 9.17) is 4.74 Å². The number of fused-ring (bicyclic) bond motifs is 1. The van der Waals surface area contributed by atoms with Crippen LogP contribution in [-0.2, 0) is 4.74 Å². The van der Waals surface area contributed by atoms with E-state index in [-0.39, 0.29) is 7.52 Å². The fourth-order valence-corrected chi connectivity index (χ4v) is 1.84. The highest BCUT2D eigenvalue weighted by atomic mass is 16.5. The highest BCUT2D eigenvalue weighted by Crippen LogP contribution is 2.28. The summed E-state index contributed by atoms with van der Waals surface area (Å²) >= 11 is 0. The zero-order valence-corrected chi connectivity index (χ0v) is 7.72. The highest BCUT2D eigenvalue weighted by Gasteiger charge is 2.22. The van der Waals surface area contributed by atoms with Crippen LogP contribution in [0.5, 0.6) is 0 Å². The number of alkyl carbamates (subject to hydrolysis) is 1. The van der Waals surface area contributed by atoms with E-state index in [1.165, 1.54) is 11.1 Å². The van der Waals surface area contributed by atoms with Crippen LogP contribution >= 0.6 is 0 Å². The number of nitrogens with one attached hydrogen (secondary N) is 1. The molecule has 0 bridgehead atoms. The number of amides is 1. The lowest BCUT2D eigenvalue weighted by molar-refractivity contribution is 0.151. The molecule has 1 N–H and O–H groups in total. The SMILES string of the molecule is CCC1=C2COC(=O)NC2=CCC1.[HH]. The number of ether oxygens (including phenoxy) is 1. The molecule has 0 aromatic heterocycles. The molecule has 1 aliphatic heterocycles. The molecule has 0 spiro atoms. The van der Waals surface area contributed by atoms with E-state index < -0.39 is 0 Å². The number of cyclic esters (lactones) is 1. The van der Waals surface area contributed by atoms with Gasteiger partial charge in [-0.25, -0.2) is 4.79 Å². The van der Waals surface area contributed by atoms with Gasteiger partial charge in [0, 0.05) is 12.7 Å². The normalized spacial score (nSPS) is 21.6. The van der Waals surface area contributed by atoms with Gasteiger partial charge in [0.2, 0.25) is 0 Å². The van der Waals surface area contributed by atoms with Crippen molar-refractivity contribution in [2.24, 2.45) is 0 Å². The van der Waals surface area contributed by atoms with Gasteiger partial charge in [0.05, 0.1) is 0 Å². The predicted molar refractivity (Wildman–Crippen MR) is 51.2 cm³/mol. The third-order valence-corrected chi connectivity index (χ3v) is 2.56. The molecular weight excluding hydrogens is 166 g/mol. The fraction of sp³-hybridized carbons (Fsp3) is 0.500. The molecule has 0 unspecified atom stereocenters. The number of hydrogen-bond donors (Lipinski definition) is 1. The van der Waals surface area contributed by atoms with Gasteiger partial charge in [-0.3, -0.25) is 5.32 Å². The summed E-state index contributed by atoms with van der Waals surface area (Å²) in [5.41, 5.74) is 3.57. The quantitative estimate of drug-likeness (QED) is 0.674. The van der Waals surface area contributed by atoms with Gasteiger partial charge in [-0.05, 0) is 19.3 Å². The van der Waals surface area contributed by atoms with Crippen molar-refractivity contribution in [2.75, 3.05) is 6.61 Å². The molecule has 1 aliphatic carbocycles. The van der Waals surface area contributed by atoms with E-state index in [1.807, 2.05) is 0 Å². The Kier molecular flexibility index (Phi) is 2.08. The Labute approximate surface area is 78.9 Å². The summed E-state index contributed by atoms with van der Waals surface area (Å²) in [4.78, 5) is 10.9. The summed E-state index contributed by atoms with van der Waals surface area (Å²) in [6.07, 6.45) is 4.94. The second-order valence-corrected chi connectivity index (χ2v) is 3.29. The van der Waals surface area contributed by atoms with Crippen LogP contribution in [-0.4, -0.2) is 12.7 Å². The van der Waals surface area contributed by atoms with E-state index in [2.05, 4.69) is 18.3 Å². The average Bonchev–Trinajstić information content (AvgIpc) is 2.16. The minimum absolute atomic E-state index is 0. The van der Waals surface area contributed by atoms with Crippen LogP contribution in [0.15, 0.2) is 22.9 Å². The molecule has 3 nitrogen and oxygen atoms in total. The summed E-state index contributed by atoms with van der Waals surface area (Å²) in [6, 6.07) is 0. The summed E-state index contributed by atoms with van der Waals surface area (Å²) in [7, 11) is 0. The van der Waals surface area contributed by atoms with Crippen molar-refractivity contribution in [3.63, 3.8) is 0 Å². The summed E-state index contributed by atoms with van der Waals surface area (Å²) in [6.45, 7) is 2.59. The lowest BCUT2D eigenvalue weighted by Crippen LogP contribution is -2.33. The van der Waals surface area contributed by atoms with Gasteiger partial charge in [-0.15, -0.1) is 0 Å². The zero-order valence-electron chi connectivity index (χ0n) is 7.72. The van der Waals surface area contributed by atoms with Gasteiger partial charge >= 0.3 is 6.09 Å². The van der Waals surface area contributed by atoms with E-state index in [1.54, 1.807) is 0 Å². The Morgan fingerprint density at radius 1 is 1.69 bits per heavy atom. The summed E-state index contributed by atoms with van der Waals surface area (Å²) in [5.74, 6) is 0. The third-order valence-electron chi connectivity index (χ3n) is 2.56. The molecule has 13 heavy (non-hydrogen) atoms. The molecule has 0 aromatic carbocycles. The molecule has 0 saturated carbocycles. The maximum Gasteiger partial charge on any atom is 0.411 e. The molecule has 1 fully saturated rings. The number of allylic oxidation sites excluding steroid dienone is 2. The Balaban J connectivity index is 0.000000980. The van der Waals surface area contributed by atoms with Crippen LogP contribution in [0.1, 0.15) is 27.6 Å². The first-order valence-corrected chi connectivity index (χ1v) is 4.66. The molecule has 0 atom stereocenters. The fourth-order valence-electron chi connectivity index (χ4n) is 1.84. The lowest BCUT2D eigenvalue weighted by Gasteiger charge is -2.25. The van der Waals surface area contributed by atoms with Crippen molar-refractivity contribution < 1.29 is 11.0 Å². The maximum atomic E-state index is 10.9. The topological polar surface area (TPSA) is 38.3 Å². The van der Waals surface area contributed by atoms with Crippen LogP contribution in [0.2, 0.25) is 0 Å². The molecule has 1 heterocycles. The van der Waals surface area contributed by atoms with Crippen molar-refractivity contribution in [1.82, 2.24) is 5.32 Å². The largest absolute Gasteiger partial charge is 0.444 e. The number of hydrogen-bond acceptors (Lipinski definition) is 2. The molecule has 1 amide bonds. The molecular formula is C10H15NO2. The second kappa shape index (κ2) is 3.24. The molecule has 1 saturated heterocycles. The van der Waals surface area contributed by atoms with Gasteiger partial charge in [0.15, 0.2) is 0 Å². The summed E-state index contributed by atoms with van der Waals surface area (Å²) < 4.78 is 4.93. The zero-order chi connectivity index (χ0) is 9.26. The minimum atomic E-state index is -0.327. The van der Waals surface area contributed by atoms with Crippen molar-refractivity contribution in [3.05, 3.63) is 22.9 Å². The van der Waals surface area contributed by atoms with Crippen molar-refractivity contribution in [2.45, 2.75) is 26.2 Å². The number of carbonyl (C=O) groups excluding carboxylic acids is 1. The van der Waals surface area contributed by atoms with Crippen molar-refractivity contribution in [3.8, 4) is 0 Å². The first-order valence-electron chi connectivity index (χ1n) is 4.66. The molecule has 72 valence electrons. The smallest absolute Gasteiger partial charge is 0.411 e. The first-order chi connectivity index (χ1) is 6.31. The van der Waals surface area contributed by atoms with Gasteiger partial charge < -0.3 is 4.74 Å². The van der Waals surface area contributed by atoms with Crippen LogP contribution < -0.4 is 5.32 Å². The molecule has 3 heteroatoms. The Hall–Kier alpha value is -1.25. The van der Waals surface area contributed by atoms with Crippen LogP contribution in [0.25, 0.3) is 0 Å². The average molecular weight is 181 g/mol. The second-order valence-electron chi connectivity index (χ2n) is 3.29. The van der Waals surface area contributed by atoms with Gasteiger partial charge in [0.1, 0.15) is 6.61 Å². The van der Waals surface area contributed by atoms with Crippen molar-refractivity contribution >= 4 is 6.09 Å². The van der Waals surface area contributed by atoms with Crippen LogP contribution in [0.4, 0.5) is 4.79 Å². The highest BCUT2D eigenvalue weighted by molar-refractivity contribution is 5.73. The van der Waals surface area contributed by atoms with Crippen LogP contribution in [0.3, 0.4) is 0 Å². The van der Waals surface area contributed by atoms with Gasteiger partial charge in [0.25, 0.3) is 0 Å². The predicted octanol–water partition coefficient (Wildman–Crippen LogP) is 2.36. The van der Waals surface area contributed by atoms with Gasteiger partial charge in [-0.2, -0.15) is 0 Å².